The molecule has 0 saturated carbocycles. The Morgan fingerprint density at radius 3 is 2.80 bits per heavy atom. The maximum absolute atomic E-state index is 12.7. The average molecular weight is 336 g/mol. The van der Waals surface area contributed by atoms with E-state index in [1.165, 1.54) is 5.56 Å². The van der Waals surface area contributed by atoms with Gasteiger partial charge in [-0.25, -0.2) is 4.79 Å². The minimum atomic E-state index is -0.364. The van der Waals surface area contributed by atoms with Crippen LogP contribution in [0.5, 0.6) is 0 Å². The average Bonchev–Trinajstić information content (AvgIpc) is 2.96. The number of nitrogens with zero attached hydrogens (tertiary/aromatic N) is 2. The zero-order valence-electron chi connectivity index (χ0n) is 14.0. The second-order valence-corrected chi connectivity index (χ2v) is 6.37. The van der Waals surface area contributed by atoms with Crippen molar-refractivity contribution < 1.29 is 9.21 Å². The molecule has 5 nitrogen and oxygen atoms in total. The van der Waals surface area contributed by atoms with E-state index in [9.17, 15) is 9.59 Å². The lowest BCUT2D eigenvalue weighted by Gasteiger charge is -2.29. The molecule has 0 bridgehead atoms. The third-order valence-electron chi connectivity index (χ3n) is 4.76. The van der Waals surface area contributed by atoms with E-state index in [4.69, 9.17) is 4.42 Å². The molecule has 128 valence electrons. The summed E-state index contributed by atoms with van der Waals surface area (Å²) in [5.41, 5.74) is 3.64. The number of anilines is 1. The number of benzene rings is 2. The van der Waals surface area contributed by atoms with E-state index in [1.54, 1.807) is 10.6 Å². The summed E-state index contributed by atoms with van der Waals surface area (Å²) >= 11 is 0. The van der Waals surface area contributed by atoms with Crippen LogP contribution >= 0.6 is 0 Å². The van der Waals surface area contributed by atoms with Crippen molar-refractivity contribution in [3.63, 3.8) is 0 Å². The van der Waals surface area contributed by atoms with Gasteiger partial charge in [-0.05, 0) is 43.0 Å². The SMILES string of the molecule is O=C(CCCn1c(=O)oc2ccccc21)N1CCCc2ccccc21. The van der Waals surface area contributed by atoms with E-state index in [0.717, 1.165) is 30.6 Å². The van der Waals surface area contributed by atoms with Gasteiger partial charge in [0.1, 0.15) is 0 Å². The molecule has 5 heteroatoms. The van der Waals surface area contributed by atoms with Crippen LogP contribution in [0.15, 0.2) is 57.7 Å². The standard InChI is InChI=1S/C20H20N2O3/c23-19(21-13-5-8-15-7-1-2-9-16(15)21)12-6-14-22-17-10-3-4-11-18(17)25-20(22)24/h1-4,7,9-11H,5-6,8,12-14H2. The molecule has 0 atom stereocenters. The first-order valence-corrected chi connectivity index (χ1v) is 8.71. The summed E-state index contributed by atoms with van der Waals surface area (Å²) in [6.07, 6.45) is 3.05. The first-order chi connectivity index (χ1) is 12.2. The molecular formula is C20H20N2O3. The monoisotopic (exact) mass is 336 g/mol. The van der Waals surface area contributed by atoms with Crippen molar-refractivity contribution in [2.75, 3.05) is 11.4 Å². The highest BCUT2D eigenvalue weighted by atomic mass is 16.4. The van der Waals surface area contributed by atoms with E-state index in [1.807, 2.05) is 41.3 Å². The van der Waals surface area contributed by atoms with Crippen molar-refractivity contribution in [2.45, 2.75) is 32.2 Å². The van der Waals surface area contributed by atoms with Gasteiger partial charge < -0.3 is 9.32 Å². The minimum Gasteiger partial charge on any atom is -0.408 e. The highest BCUT2D eigenvalue weighted by molar-refractivity contribution is 5.94. The quantitative estimate of drug-likeness (QED) is 0.734. The number of para-hydroxylation sites is 3. The molecule has 0 aliphatic carbocycles. The van der Waals surface area contributed by atoms with Crippen LogP contribution in [0.25, 0.3) is 11.1 Å². The van der Waals surface area contributed by atoms with Crippen molar-refractivity contribution in [1.29, 1.82) is 0 Å². The third kappa shape index (κ3) is 2.97. The van der Waals surface area contributed by atoms with Crippen LogP contribution in [-0.2, 0) is 17.8 Å². The number of aromatic nitrogens is 1. The molecule has 0 saturated heterocycles. The summed E-state index contributed by atoms with van der Waals surface area (Å²) in [5, 5.41) is 0. The summed E-state index contributed by atoms with van der Waals surface area (Å²) in [4.78, 5) is 26.5. The number of hydrogen-bond donors (Lipinski definition) is 0. The van der Waals surface area contributed by atoms with Gasteiger partial charge in [0, 0.05) is 25.2 Å². The van der Waals surface area contributed by atoms with Gasteiger partial charge in [0.15, 0.2) is 5.58 Å². The molecule has 1 aromatic heterocycles. The molecule has 0 N–H and O–H groups in total. The van der Waals surface area contributed by atoms with Crippen LogP contribution in [0.3, 0.4) is 0 Å². The Morgan fingerprint density at radius 1 is 1.08 bits per heavy atom. The molecule has 0 radical (unpaired) electrons. The van der Waals surface area contributed by atoms with Gasteiger partial charge in [-0.15, -0.1) is 0 Å². The third-order valence-corrected chi connectivity index (χ3v) is 4.76. The topological polar surface area (TPSA) is 55.5 Å². The molecule has 3 aromatic rings. The van der Waals surface area contributed by atoms with Crippen molar-refractivity contribution in [2.24, 2.45) is 0 Å². The fraction of sp³-hybridized carbons (Fsp3) is 0.300. The number of hydrogen-bond acceptors (Lipinski definition) is 3. The second kappa shape index (κ2) is 6.59. The molecule has 4 rings (SSSR count). The first-order valence-electron chi connectivity index (χ1n) is 8.71. The Morgan fingerprint density at radius 2 is 1.88 bits per heavy atom. The summed E-state index contributed by atoms with van der Waals surface area (Å²) in [7, 11) is 0. The van der Waals surface area contributed by atoms with Crippen molar-refractivity contribution in [1.82, 2.24) is 4.57 Å². The van der Waals surface area contributed by atoms with E-state index >= 15 is 0 Å². The van der Waals surface area contributed by atoms with Gasteiger partial charge >= 0.3 is 5.76 Å². The first kappa shape index (κ1) is 15.7. The molecule has 1 aliphatic rings. The van der Waals surface area contributed by atoms with Gasteiger partial charge in [0.25, 0.3) is 0 Å². The van der Waals surface area contributed by atoms with Gasteiger partial charge in [0.05, 0.1) is 5.52 Å². The second-order valence-electron chi connectivity index (χ2n) is 6.37. The summed E-state index contributed by atoms with van der Waals surface area (Å²) in [6.45, 7) is 1.25. The van der Waals surface area contributed by atoms with Crippen LogP contribution in [0.1, 0.15) is 24.8 Å². The Hall–Kier alpha value is -2.82. The van der Waals surface area contributed by atoms with Gasteiger partial charge in [-0.3, -0.25) is 9.36 Å². The fourth-order valence-electron chi connectivity index (χ4n) is 3.54. The lowest BCUT2D eigenvalue weighted by molar-refractivity contribution is -0.118. The van der Waals surface area contributed by atoms with Crippen LogP contribution in [0.4, 0.5) is 5.69 Å². The van der Waals surface area contributed by atoms with Crippen LogP contribution in [-0.4, -0.2) is 17.0 Å². The predicted octanol–water partition coefficient (Wildman–Crippen LogP) is 3.35. The number of amides is 1. The van der Waals surface area contributed by atoms with Crippen LogP contribution in [0.2, 0.25) is 0 Å². The van der Waals surface area contributed by atoms with E-state index < -0.39 is 0 Å². The normalized spacial score (nSPS) is 13.8. The zero-order chi connectivity index (χ0) is 17.2. The molecule has 2 heterocycles. The molecule has 0 fully saturated rings. The summed E-state index contributed by atoms with van der Waals surface area (Å²) in [6, 6.07) is 15.5. The summed E-state index contributed by atoms with van der Waals surface area (Å²) < 4.78 is 6.84. The number of carbonyl (C=O) groups is 1. The highest BCUT2D eigenvalue weighted by Gasteiger charge is 2.21. The molecule has 0 spiro atoms. The molecule has 2 aromatic carbocycles. The zero-order valence-corrected chi connectivity index (χ0v) is 14.0. The molecule has 1 aliphatic heterocycles. The number of carbonyl (C=O) groups excluding carboxylic acids is 1. The Balaban J connectivity index is 1.45. The van der Waals surface area contributed by atoms with Crippen LogP contribution in [0, 0.1) is 0 Å². The molecule has 25 heavy (non-hydrogen) atoms. The Kier molecular flexibility index (Phi) is 4.14. The lowest BCUT2D eigenvalue weighted by atomic mass is 10.0. The van der Waals surface area contributed by atoms with E-state index in [-0.39, 0.29) is 11.7 Å². The molecule has 1 amide bonds. The Labute approximate surface area is 145 Å². The maximum Gasteiger partial charge on any atom is 0.419 e. The van der Waals surface area contributed by atoms with Crippen molar-refractivity contribution in [3.8, 4) is 0 Å². The maximum atomic E-state index is 12.7. The van der Waals surface area contributed by atoms with Crippen LogP contribution < -0.4 is 10.7 Å². The number of rotatable bonds is 4. The number of aryl methyl sites for hydroxylation is 2. The van der Waals surface area contributed by atoms with Gasteiger partial charge in [-0.2, -0.15) is 0 Å². The largest absolute Gasteiger partial charge is 0.419 e. The van der Waals surface area contributed by atoms with Gasteiger partial charge in [-0.1, -0.05) is 30.3 Å². The number of oxazole rings is 1. The highest BCUT2D eigenvalue weighted by Crippen LogP contribution is 2.27. The smallest absolute Gasteiger partial charge is 0.408 e. The van der Waals surface area contributed by atoms with Crippen molar-refractivity contribution in [3.05, 3.63) is 64.6 Å². The fourth-order valence-corrected chi connectivity index (χ4v) is 3.54. The van der Waals surface area contributed by atoms with E-state index in [2.05, 4.69) is 6.07 Å². The summed E-state index contributed by atoms with van der Waals surface area (Å²) in [5.74, 6) is -0.245. The Bertz CT molecular complexity index is 970. The van der Waals surface area contributed by atoms with E-state index in [0.29, 0.717) is 25.0 Å². The molecule has 0 unspecified atom stereocenters. The van der Waals surface area contributed by atoms with Gasteiger partial charge in [0.2, 0.25) is 5.91 Å². The predicted molar refractivity (Wildman–Crippen MR) is 96.8 cm³/mol. The molecular weight excluding hydrogens is 316 g/mol. The minimum absolute atomic E-state index is 0.119. The van der Waals surface area contributed by atoms with Crippen molar-refractivity contribution >= 4 is 22.7 Å². The number of fused-ring (bicyclic) bond motifs is 2. The lowest BCUT2D eigenvalue weighted by Crippen LogP contribution is -2.35.